The van der Waals surface area contributed by atoms with Gasteiger partial charge in [-0.25, -0.2) is 0 Å². The fraction of sp³-hybridized carbons (Fsp3) is 0.739. The van der Waals surface area contributed by atoms with Crippen LogP contribution in [0.1, 0.15) is 72.3 Å². The highest BCUT2D eigenvalue weighted by Gasteiger charge is 2.27. The Morgan fingerprint density at radius 3 is 2.21 bits per heavy atom. The third kappa shape index (κ3) is 5.84. The van der Waals surface area contributed by atoms with Gasteiger partial charge in [0, 0.05) is 38.3 Å². The van der Waals surface area contributed by atoms with Crippen molar-refractivity contribution in [1.29, 1.82) is 0 Å². The zero-order valence-electron chi connectivity index (χ0n) is 18.5. The summed E-state index contributed by atoms with van der Waals surface area (Å²) in [6, 6.07) is 0. The lowest BCUT2D eigenvalue weighted by atomic mass is 9.93. The molecule has 3 rings (SSSR count). The Bertz CT molecular complexity index is 696. The van der Waals surface area contributed by atoms with E-state index in [0.29, 0.717) is 12.3 Å². The molecule has 29 heavy (non-hydrogen) atoms. The van der Waals surface area contributed by atoms with E-state index in [9.17, 15) is 9.59 Å². The summed E-state index contributed by atoms with van der Waals surface area (Å²) in [4.78, 5) is 32.8. The third-order valence-corrected chi connectivity index (χ3v) is 6.85. The van der Waals surface area contributed by atoms with Crippen LogP contribution in [0.4, 0.5) is 0 Å². The molecule has 0 aliphatic carbocycles. The summed E-state index contributed by atoms with van der Waals surface area (Å²) < 4.78 is 0. The second kappa shape index (κ2) is 10.3. The number of hydrogen-bond donors (Lipinski definition) is 2. The molecule has 6 nitrogen and oxygen atoms in total. The fourth-order valence-electron chi connectivity index (χ4n) is 4.60. The summed E-state index contributed by atoms with van der Waals surface area (Å²) in [7, 11) is 0. The Balaban J connectivity index is 1.37. The van der Waals surface area contributed by atoms with E-state index in [1.54, 1.807) is 0 Å². The first kappa shape index (κ1) is 21.9. The molecular weight excluding hydrogens is 364 g/mol. The van der Waals surface area contributed by atoms with Crippen molar-refractivity contribution in [2.75, 3.05) is 39.3 Å². The zero-order chi connectivity index (χ0) is 20.8. The van der Waals surface area contributed by atoms with Crippen LogP contribution >= 0.6 is 0 Å². The summed E-state index contributed by atoms with van der Waals surface area (Å²) >= 11 is 0. The van der Waals surface area contributed by atoms with Crippen LogP contribution in [0.2, 0.25) is 0 Å². The summed E-state index contributed by atoms with van der Waals surface area (Å²) in [6.07, 6.45) is 7.64. The van der Waals surface area contributed by atoms with Crippen LogP contribution in [0.5, 0.6) is 0 Å². The Morgan fingerprint density at radius 1 is 0.966 bits per heavy atom. The van der Waals surface area contributed by atoms with Gasteiger partial charge in [-0.05, 0) is 76.6 Å². The molecule has 2 saturated heterocycles. The lowest BCUT2D eigenvalue weighted by molar-refractivity contribution is -0.122. The standard InChI is InChI=1S/C23H38N4O2/c1-17-18(2)22(25-19(17)3)23(29)27-13-8-20(9-14-27)16-21(28)24-10-15-26-11-6-4-5-7-12-26/h20,25H,4-16H2,1-3H3,(H,24,28). The highest BCUT2D eigenvalue weighted by atomic mass is 16.2. The van der Waals surface area contributed by atoms with Crippen molar-refractivity contribution in [2.24, 2.45) is 5.92 Å². The van der Waals surface area contributed by atoms with Crippen LogP contribution in [0, 0.1) is 26.7 Å². The maximum atomic E-state index is 12.8. The normalized spacial score (nSPS) is 19.2. The van der Waals surface area contributed by atoms with Gasteiger partial charge in [0.15, 0.2) is 0 Å². The minimum absolute atomic E-state index is 0.0963. The Labute approximate surface area is 175 Å². The van der Waals surface area contributed by atoms with E-state index in [-0.39, 0.29) is 11.8 Å². The van der Waals surface area contributed by atoms with Gasteiger partial charge in [-0.3, -0.25) is 9.59 Å². The molecule has 0 saturated carbocycles. The van der Waals surface area contributed by atoms with E-state index in [1.807, 2.05) is 18.7 Å². The van der Waals surface area contributed by atoms with Gasteiger partial charge in [0.05, 0.1) is 0 Å². The summed E-state index contributed by atoms with van der Waals surface area (Å²) in [6.45, 7) is 11.6. The molecule has 0 unspecified atom stereocenters. The first-order chi connectivity index (χ1) is 14.0. The van der Waals surface area contributed by atoms with Crippen molar-refractivity contribution >= 4 is 11.8 Å². The van der Waals surface area contributed by atoms with Crippen LogP contribution in [-0.4, -0.2) is 65.9 Å². The van der Waals surface area contributed by atoms with E-state index in [1.165, 1.54) is 44.3 Å². The number of likely N-dealkylation sites (tertiary alicyclic amines) is 2. The first-order valence-corrected chi connectivity index (χ1v) is 11.4. The Kier molecular flexibility index (Phi) is 7.76. The molecule has 6 heteroatoms. The highest BCUT2D eigenvalue weighted by Crippen LogP contribution is 2.24. The van der Waals surface area contributed by atoms with Crippen molar-refractivity contribution in [3.05, 3.63) is 22.5 Å². The molecule has 1 aromatic heterocycles. The van der Waals surface area contributed by atoms with E-state index >= 15 is 0 Å². The monoisotopic (exact) mass is 402 g/mol. The predicted molar refractivity (Wildman–Crippen MR) is 116 cm³/mol. The lowest BCUT2D eigenvalue weighted by Crippen LogP contribution is -2.40. The van der Waals surface area contributed by atoms with E-state index in [0.717, 1.165) is 56.0 Å². The van der Waals surface area contributed by atoms with Crippen LogP contribution in [0.3, 0.4) is 0 Å². The molecule has 2 fully saturated rings. The van der Waals surface area contributed by atoms with Gasteiger partial charge in [0.25, 0.3) is 5.91 Å². The summed E-state index contributed by atoms with van der Waals surface area (Å²) in [5, 5.41) is 3.11. The molecular formula is C23H38N4O2. The lowest BCUT2D eigenvalue weighted by Gasteiger charge is -2.31. The largest absolute Gasteiger partial charge is 0.355 e. The number of rotatable bonds is 6. The van der Waals surface area contributed by atoms with Crippen LogP contribution in [0.15, 0.2) is 0 Å². The van der Waals surface area contributed by atoms with Gasteiger partial charge in [-0.1, -0.05) is 12.8 Å². The number of nitrogens with zero attached hydrogens (tertiary/aromatic N) is 2. The number of aromatic nitrogens is 1. The Hall–Kier alpha value is -1.82. The van der Waals surface area contributed by atoms with Crippen molar-refractivity contribution in [3.8, 4) is 0 Å². The number of amides is 2. The number of H-pyrrole nitrogens is 1. The molecule has 1 aromatic rings. The van der Waals surface area contributed by atoms with E-state index in [4.69, 9.17) is 0 Å². The third-order valence-electron chi connectivity index (χ3n) is 6.85. The van der Waals surface area contributed by atoms with Gasteiger partial charge in [-0.2, -0.15) is 0 Å². The molecule has 2 aliphatic heterocycles. The maximum Gasteiger partial charge on any atom is 0.270 e. The zero-order valence-corrected chi connectivity index (χ0v) is 18.5. The molecule has 2 amide bonds. The number of carbonyl (C=O) groups is 2. The number of piperidine rings is 1. The fourth-order valence-corrected chi connectivity index (χ4v) is 4.60. The second-order valence-electron chi connectivity index (χ2n) is 8.92. The molecule has 2 N–H and O–H groups in total. The van der Waals surface area contributed by atoms with Crippen LogP contribution in [-0.2, 0) is 4.79 Å². The second-order valence-corrected chi connectivity index (χ2v) is 8.92. The number of aromatic amines is 1. The summed E-state index contributed by atoms with van der Waals surface area (Å²) in [5.41, 5.74) is 4.01. The maximum absolute atomic E-state index is 12.8. The van der Waals surface area contributed by atoms with Crippen LogP contribution in [0.25, 0.3) is 0 Å². The van der Waals surface area contributed by atoms with Crippen molar-refractivity contribution in [1.82, 2.24) is 20.1 Å². The molecule has 0 bridgehead atoms. The van der Waals surface area contributed by atoms with E-state index < -0.39 is 0 Å². The molecule has 2 aliphatic rings. The smallest absolute Gasteiger partial charge is 0.270 e. The van der Waals surface area contributed by atoms with Crippen LogP contribution < -0.4 is 5.32 Å². The van der Waals surface area contributed by atoms with Gasteiger partial charge < -0.3 is 20.1 Å². The number of nitrogens with one attached hydrogen (secondary N) is 2. The minimum Gasteiger partial charge on any atom is -0.355 e. The molecule has 0 atom stereocenters. The van der Waals surface area contributed by atoms with Gasteiger partial charge in [-0.15, -0.1) is 0 Å². The average Bonchev–Trinajstić information content (AvgIpc) is 2.89. The molecule has 0 aromatic carbocycles. The van der Waals surface area contributed by atoms with Gasteiger partial charge in [0.1, 0.15) is 5.69 Å². The van der Waals surface area contributed by atoms with Crippen molar-refractivity contribution < 1.29 is 9.59 Å². The van der Waals surface area contributed by atoms with Gasteiger partial charge >= 0.3 is 0 Å². The molecule has 0 spiro atoms. The number of aryl methyl sites for hydroxylation is 1. The number of carbonyl (C=O) groups excluding carboxylic acids is 2. The quantitative estimate of drug-likeness (QED) is 0.768. The summed E-state index contributed by atoms with van der Waals surface area (Å²) in [5.74, 6) is 0.639. The first-order valence-electron chi connectivity index (χ1n) is 11.4. The van der Waals surface area contributed by atoms with Gasteiger partial charge in [0.2, 0.25) is 5.91 Å². The molecule has 0 radical (unpaired) electrons. The average molecular weight is 403 g/mol. The van der Waals surface area contributed by atoms with Crippen molar-refractivity contribution in [2.45, 2.75) is 65.7 Å². The molecule has 3 heterocycles. The SMILES string of the molecule is Cc1[nH]c(C(=O)N2CCC(CC(=O)NCCN3CCCCCC3)CC2)c(C)c1C. The predicted octanol–water partition coefficient (Wildman–Crippen LogP) is 3.17. The van der Waals surface area contributed by atoms with Crippen molar-refractivity contribution in [3.63, 3.8) is 0 Å². The highest BCUT2D eigenvalue weighted by molar-refractivity contribution is 5.94. The number of hydrogen-bond acceptors (Lipinski definition) is 3. The molecule has 162 valence electrons. The Morgan fingerprint density at radius 2 is 1.62 bits per heavy atom. The minimum atomic E-state index is 0.0963. The van der Waals surface area contributed by atoms with E-state index in [2.05, 4.69) is 22.1 Å². The topological polar surface area (TPSA) is 68.4 Å².